The van der Waals surface area contributed by atoms with E-state index in [0.29, 0.717) is 12.1 Å². The van der Waals surface area contributed by atoms with Crippen molar-refractivity contribution >= 4 is 5.91 Å². The van der Waals surface area contributed by atoms with Gasteiger partial charge in [0.15, 0.2) is 0 Å². The Labute approximate surface area is 142 Å². The van der Waals surface area contributed by atoms with E-state index in [1.165, 1.54) is 12.8 Å². The molecule has 1 aromatic carbocycles. The summed E-state index contributed by atoms with van der Waals surface area (Å²) in [6, 6.07) is 8.60. The maximum atomic E-state index is 13.0. The van der Waals surface area contributed by atoms with E-state index in [1.807, 2.05) is 28.8 Å². The van der Waals surface area contributed by atoms with Crippen molar-refractivity contribution in [1.82, 2.24) is 24.6 Å². The summed E-state index contributed by atoms with van der Waals surface area (Å²) in [4.78, 5) is 17.5. The van der Waals surface area contributed by atoms with Crippen molar-refractivity contribution in [3.63, 3.8) is 0 Å². The maximum Gasteiger partial charge on any atom is 0.254 e. The van der Waals surface area contributed by atoms with Gasteiger partial charge in [0.25, 0.3) is 5.91 Å². The average Bonchev–Trinajstić information content (AvgIpc) is 3.35. The van der Waals surface area contributed by atoms with Gasteiger partial charge >= 0.3 is 0 Å². The molecule has 126 valence electrons. The van der Waals surface area contributed by atoms with Crippen LogP contribution in [0.15, 0.2) is 36.9 Å². The number of amides is 1. The summed E-state index contributed by atoms with van der Waals surface area (Å²) in [5.74, 6) is 0.160. The van der Waals surface area contributed by atoms with E-state index >= 15 is 0 Å². The molecule has 4 rings (SSSR count). The maximum absolute atomic E-state index is 13.0. The molecule has 6 heteroatoms. The lowest BCUT2D eigenvalue weighted by atomic mass is 10.0. The number of aromatic nitrogens is 3. The van der Waals surface area contributed by atoms with Gasteiger partial charge in [-0.15, -0.1) is 10.2 Å². The number of likely N-dealkylation sites (N-methyl/N-ethyl adjacent to an activating group) is 1. The number of likely N-dealkylation sites (tertiary alicyclic amines) is 2. The summed E-state index contributed by atoms with van der Waals surface area (Å²) in [5, 5.41) is 7.63. The number of rotatable bonds is 3. The second-order valence-corrected chi connectivity index (χ2v) is 6.81. The SMILES string of the molecule is CN1CCCC1C1CCCN1C(=O)c1ccc(-n2cnnc2)cc1. The lowest BCUT2D eigenvalue weighted by Gasteiger charge is -2.33. The highest BCUT2D eigenvalue weighted by atomic mass is 16.2. The standard InChI is InChI=1S/C18H23N5O/c1-21-10-2-4-16(21)17-5-3-11-23(17)18(24)14-6-8-15(9-7-14)22-12-19-20-13-22/h6-9,12-13,16-17H,2-5,10-11H2,1H3. The molecule has 2 aliphatic heterocycles. The first-order valence-electron chi connectivity index (χ1n) is 8.70. The smallest absolute Gasteiger partial charge is 0.254 e. The van der Waals surface area contributed by atoms with Gasteiger partial charge in [0, 0.05) is 29.9 Å². The second kappa shape index (κ2) is 6.36. The van der Waals surface area contributed by atoms with Crippen LogP contribution in [-0.4, -0.2) is 62.7 Å². The predicted molar refractivity (Wildman–Crippen MR) is 91.1 cm³/mol. The van der Waals surface area contributed by atoms with E-state index in [0.717, 1.165) is 37.2 Å². The Bertz CT molecular complexity index is 697. The van der Waals surface area contributed by atoms with Gasteiger partial charge in [0.05, 0.1) is 0 Å². The molecule has 24 heavy (non-hydrogen) atoms. The van der Waals surface area contributed by atoms with Crippen molar-refractivity contribution in [2.75, 3.05) is 20.1 Å². The van der Waals surface area contributed by atoms with Crippen LogP contribution < -0.4 is 0 Å². The van der Waals surface area contributed by atoms with Gasteiger partial charge in [0.2, 0.25) is 0 Å². The summed E-state index contributed by atoms with van der Waals surface area (Å²) < 4.78 is 1.83. The van der Waals surface area contributed by atoms with Crippen LogP contribution in [0.2, 0.25) is 0 Å². The number of nitrogens with zero attached hydrogens (tertiary/aromatic N) is 5. The predicted octanol–water partition coefficient (Wildman–Crippen LogP) is 1.97. The molecule has 3 heterocycles. The van der Waals surface area contributed by atoms with Crippen molar-refractivity contribution in [2.45, 2.75) is 37.8 Å². The summed E-state index contributed by atoms with van der Waals surface area (Å²) in [6.45, 7) is 2.03. The molecular formula is C18H23N5O. The molecule has 2 aromatic rings. The lowest BCUT2D eigenvalue weighted by Crippen LogP contribution is -2.47. The van der Waals surface area contributed by atoms with Gasteiger partial charge in [-0.1, -0.05) is 0 Å². The van der Waals surface area contributed by atoms with E-state index in [9.17, 15) is 4.79 Å². The summed E-state index contributed by atoms with van der Waals surface area (Å²) in [5.41, 5.74) is 1.73. The molecule has 0 saturated carbocycles. The molecule has 1 amide bonds. The summed E-state index contributed by atoms with van der Waals surface area (Å²) in [6.07, 6.45) is 8.00. The Morgan fingerprint density at radius 2 is 1.67 bits per heavy atom. The number of carbonyl (C=O) groups is 1. The third-order valence-electron chi connectivity index (χ3n) is 5.41. The first kappa shape index (κ1) is 15.3. The zero-order valence-electron chi connectivity index (χ0n) is 14.0. The van der Waals surface area contributed by atoms with Gasteiger partial charge in [0.1, 0.15) is 12.7 Å². The Morgan fingerprint density at radius 1 is 1.00 bits per heavy atom. The second-order valence-electron chi connectivity index (χ2n) is 6.81. The molecular weight excluding hydrogens is 302 g/mol. The van der Waals surface area contributed by atoms with E-state index < -0.39 is 0 Å². The molecule has 2 unspecified atom stereocenters. The first-order valence-corrected chi connectivity index (χ1v) is 8.70. The number of carbonyl (C=O) groups excluding carboxylic acids is 1. The molecule has 2 saturated heterocycles. The molecule has 0 aliphatic carbocycles. The van der Waals surface area contributed by atoms with Gasteiger partial charge in [-0.3, -0.25) is 9.36 Å². The van der Waals surface area contributed by atoms with Crippen LogP contribution in [0.4, 0.5) is 0 Å². The van der Waals surface area contributed by atoms with Crippen molar-refractivity contribution in [2.24, 2.45) is 0 Å². The fourth-order valence-electron chi connectivity index (χ4n) is 4.14. The Kier molecular flexibility index (Phi) is 4.06. The number of hydrogen-bond acceptors (Lipinski definition) is 4. The molecule has 2 fully saturated rings. The lowest BCUT2D eigenvalue weighted by molar-refractivity contribution is 0.0664. The number of hydrogen-bond donors (Lipinski definition) is 0. The average molecular weight is 325 g/mol. The topological polar surface area (TPSA) is 54.3 Å². The zero-order chi connectivity index (χ0) is 16.5. The van der Waals surface area contributed by atoms with Gasteiger partial charge < -0.3 is 9.80 Å². The van der Waals surface area contributed by atoms with E-state index in [1.54, 1.807) is 12.7 Å². The van der Waals surface area contributed by atoms with Crippen LogP contribution >= 0.6 is 0 Å². The largest absolute Gasteiger partial charge is 0.334 e. The highest BCUT2D eigenvalue weighted by Gasteiger charge is 2.38. The molecule has 0 N–H and O–H groups in total. The van der Waals surface area contributed by atoms with Crippen molar-refractivity contribution in [3.8, 4) is 5.69 Å². The quantitative estimate of drug-likeness (QED) is 0.866. The third kappa shape index (κ3) is 2.71. The van der Waals surface area contributed by atoms with Crippen LogP contribution in [0.5, 0.6) is 0 Å². The van der Waals surface area contributed by atoms with Crippen LogP contribution in [-0.2, 0) is 0 Å². The van der Waals surface area contributed by atoms with Crippen molar-refractivity contribution in [1.29, 1.82) is 0 Å². The summed E-state index contributed by atoms with van der Waals surface area (Å²) >= 11 is 0. The molecule has 2 aliphatic rings. The Morgan fingerprint density at radius 3 is 2.33 bits per heavy atom. The minimum absolute atomic E-state index is 0.160. The molecule has 2 atom stereocenters. The highest BCUT2D eigenvalue weighted by molar-refractivity contribution is 5.94. The highest BCUT2D eigenvalue weighted by Crippen LogP contribution is 2.30. The van der Waals surface area contributed by atoms with Crippen molar-refractivity contribution in [3.05, 3.63) is 42.5 Å². The third-order valence-corrected chi connectivity index (χ3v) is 5.41. The first-order chi connectivity index (χ1) is 11.7. The molecule has 1 aromatic heterocycles. The molecule has 0 spiro atoms. The van der Waals surface area contributed by atoms with Crippen LogP contribution in [0, 0.1) is 0 Å². The minimum Gasteiger partial charge on any atom is -0.334 e. The minimum atomic E-state index is 0.160. The van der Waals surface area contributed by atoms with E-state index in [-0.39, 0.29) is 5.91 Å². The molecule has 0 bridgehead atoms. The van der Waals surface area contributed by atoms with Crippen LogP contribution in [0.1, 0.15) is 36.0 Å². The fraction of sp³-hybridized carbons (Fsp3) is 0.500. The van der Waals surface area contributed by atoms with Crippen molar-refractivity contribution < 1.29 is 4.79 Å². The van der Waals surface area contributed by atoms with E-state index in [4.69, 9.17) is 0 Å². The zero-order valence-corrected chi connectivity index (χ0v) is 14.0. The monoisotopic (exact) mass is 325 g/mol. The Balaban J connectivity index is 1.52. The molecule has 6 nitrogen and oxygen atoms in total. The van der Waals surface area contributed by atoms with Gasteiger partial charge in [-0.25, -0.2) is 0 Å². The van der Waals surface area contributed by atoms with Crippen LogP contribution in [0.25, 0.3) is 5.69 Å². The normalized spacial score (nSPS) is 24.6. The number of benzene rings is 1. The fourth-order valence-corrected chi connectivity index (χ4v) is 4.14. The van der Waals surface area contributed by atoms with Crippen LogP contribution in [0.3, 0.4) is 0 Å². The summed E-state index contributed by atoms with van der Waals surface area (Å²) in [7, 11) is 2.19. The van der Waals surface area contributed by atoms with Gasteiger partial charge in [-0.05, 0) is 63.5 Å². The Hall–Kier alpha value is -2.21. The van der Waals surface area contributed by atoms with Gasteiger partial charge in [-0.2, -0.15) is 0 Å². The molecule has 0 radical (unpaired) electrons. The van der Waals surface area contributed by atoms with E-state index in [2.05, 4.69) is 27.0 Å².